The lowest BCUT2D eigenvalue weighted by molar-refractivity contribution is -0.113. The Bertz CT molecular complexity index is 1460. The van der Waals surface area contributed by atoms with Crippen LogP contribution >= 0.6 is 11.8 Å². The minimum Gasteiger partial charge on any atom is -0.423 e. The summed E-state index contributed by atoms with van der Waals surface area (Å²) in [5, 5.41) is 4.13. The molecular formula is C27H19N3O3S. The van der Waals surface area contributed by atoms with Gasteiger partial charge in [-0.15, -0.1) is 0 Å². The number of hydrogen-bond acceptors (Lipinski definition) is 6. The summed E-state index contributed by atoms with van der Waals surface area (Å²) in [6.07, 6.45) is 0. The lowest BCUT2D eigenvalue weighted by Crippen LogP contribution is -2.14. The number of aromatic nitrogens is 2. The van der Waals surface area contributed by atoms with Crippen LogP contribution in [0.3, 0.4) is 0 Å². The molecule has 0 aliphatic heterocycles. The van der Waals surface area contributed by atoms with Crippen LogP contribution in [0.4, 0.5) is 5.69 Å². The largest absolute Gasteiger partial charge is 0.423 e. The molecule has 34 heavy (non-hydrogen) atoms. The molecule has 0 saturated heterocycles. The van der Waals surface area contributed by atoms with Gasteiger partial charge in [-0.25, -0.2) is 14.8 Å². The Morgan fingerprint density at radius 2 is 1.44 bits per heavy atom. The van der Waals surface area contributed by atoms with E-state index >= 15 is 0 Å². The maximum Gasteiger partial charge on any atom is 0.336 e. The summed E-state index contributed by atoms with van der Waals surface area (Å²) < 4.78 is 5.13. The number of nitrogens with one attached hydrogen (secondary N) is 1. The van der Waals surface area contributed by atoms with Crippen molar-refractivity contribution in [3.8, 4) is 22.5 Å². The summed E-state index contributed by atoms with van der Waals surface area (Å²) in [6, 6.07) is 29.9. The van der Waals surface area contributed by atoms with Gasteiger partial charge in [-0.05, 0) is 30.3 Å². The van der Waals surface area contributed by atoms with Crippen molar-refractivity contribution in [3.63, 3.8) is 0 Å². The molecule has 1 N–H and O–H groups in total. The lowest BCUT2D eigenvalue weighted by Gasteiger charge is -2.09. The van der Waals surface area contributed by atoms with Gasteiger partial charge < -0.3 is 9.73 Å². The smallest absolute Gasteiger partial charge is 0.336 e. The lowest BCUT2D eigenvalue weighted by atomic mass is 10.1. The fraction of sp³-hybridized carbons (Fsp3) is 0.0370. The van der Waals surface area contributed by atoms with E-state index in [2.05, 4.69) is 15.3 Å². The number of benzene rings is 3. The summed E-state index contributed by atoms with van der Waals surface area (Å²) >= 11 is 1.28. The number of nitrogens with zero attached hydrogens (tertiary/aromatic N) is 2. The SMILES string of the molecule is O=C(CSc1nc(-c2ccccc2)cc(-c2ccccc2)n1)Nc1ccc2oc(=O)ccc2c1. The number of hydrogen-bond donors (Lipinski definition) is 1. The predicted octanol–water partition coefficient (Wildman–Crippen LogP) is 5.65. The van der Waals surface area contributed by atoms with Crippen molar-refractivity contribution >= 4 is 34.3 Å². The molecule has 0 radical (unpaired) electrons. The first-order chi connectivity index (χ1) is 16.6. The second-order valence-electron chi connectivity index (χ2n) is 7.50. The van der Waals surface area contributed by atoms with Gasteiger partial charge in [-0.2, -0.15) is 0 Å². The van der Waals surface area contributed by atoms with E-state index in [0.717, 1.165) is 27.9 Å². The standard InChI is InChI=1S/C27H19N3O3S/c31-25(28-21-12-13-24-20(15-21)11-14-26(32)33-24)17-34-27-29-22(18-7-3-1-4-8-18)16-23(30-27)19-9-5-2-6-10-19/h1-16H,17H2,(H,28,31). The average Bonchev–Trinajstić information content (AvgIpc) is 2.88. The maximum atomic E-state index is 12.6. The van der Waals surface area contributed by atoms with Crippen LogP contribution in [-0.2, 0) is 4.79 Å². The van der Waals surface area contributed by atoms with Gasteiger partial charge in [0.05, 0.1) is 17.1 Å². The molecule has 7 heteroatoms. The molecule has 5 aromatic rings. The molecule has 0 saturated carbocycles. The zero-order valence-electron chi connectivity index (χ0n) is 18.0. The van der Waals surface area contributed by atoms with E-state index in [1.165, 1.54) is 17.8 Å². The Hall–Kier alpha value is -4.23. The van der Waals surface area contributed by atoms with Gasteiger partial charge in [0.1, 0.15) is 5.58 Å². The fourth-order valence-corrected chi connectivity index (χ4v) is 4.14. The molecule has 0 aliphatic carbocycles. The van der Waals surface area contributed by atoms with Crippen LogP contribution in [0.25, 0.3) is 33.5 Å². The van der Waals surface area contributed by atoms with Crippen LogP contribution in [0.15, 0.2) is 111 Å². The van der Waals surface area contributed by atoms with Gasteiger partial charge in [0.2, 0.25) is 5.91 Å². The molecule has 0 atom stereocenters. The molecule has 1 amide bonds. The van der Waals surface area contributed by atoms with Crippen molar-refractivity contribution in [1.29, 1.82) is 0 Å². The Kier molecular flexibility index (Phi) is 6.18. The first kappa shape index (κ1) is 21.6. The van der Waals surface area contributed by atoms with Crippen molar-refractivity contribution in [2.24, 2.45) is 0 Å². The molecule has 6 nitrogen and oxygen atoms in total. The summed E-state index contributed by atoms with van der Waals surface area (Å²) in [5.74, 6) is -0.0364. The number of carbonyl (C=O) groups is 1. The van der Waals surface area contributed by atoms with Crippen molar-refractivity contribution in [3.05, 3.63) is 107 Å². The highest BCUT2D eigenvalue weighted by atomic mass is 32.2. The minimum absolute atomic E-state index is 0.147. The van der Waals surface area contributed by atoms with Gasteiger partial charge in [0.15, 0.2) is 5.16 Å². The van der Waals surface area contributed by atoms with Crippen molar-refractivity contribution < 1.29 is 9.21 Å². The Morgan fingerprint density at radius 3 is 2.09 bits per heavy atom. The van der Waals surface area contributed by atoms with Gasteiger partial charge in [0.25, 0.3) is 0 Å². The van der Waals surface area contributed by atoms with E-state index in [9.17, 15) is 9.59 Å². The molecule has 0 spiro atoms. The topological polar surface area (TPSA) is 85.1 Å². The van der Waals surface area contributed by atoms with Gasteiger partial charge in [-0.3, -0.25) is 4.79 Å². The van der Waals surface area contributed by atoms with Crippen LogP contribution in [0.1, 0.15) is 0 Å². The Labute approximate surface area is 199 Å². The van der Waals surface area contributed by atoms with E-state index in [-0.39, 0.29) is 11.7 Å². The third kappa shape index (κ3) is 5.05. The molecule has 2 aromatic heterocycles. The number of amides is 1. The van der Waals surface area contributed by atoms with E-state index in [1.54, 1.807) is 24.3 Å². The molecule has 0 fully saturated rings. The number of fused-ring (bicyclic) bond motifs is 1. The third-order valence-electron chi connectivity index (χ3n) is 5.08. The average molecular weight is 466 g/mol. The second kappa shape index (κ2) is 9.72. The summed E-state index contributed by atoms with van der Waals surface area (Å²) in [6.45, 7) is 0. The summed E-state index contributed by atoms with van der Waals surface area (Å²) in [5.41, 5.74) is 4.25. The maximum absolute atomic E-state index is 12.6. The molecular weight excluding hydrogens is 446 g/mol. The molecule has 3 aromatic carbocycles. The third-order valence-corrected chi connectivity index (χ3v) is 5.93. The van der Waals surface area contributed by atoms with Gasteiger partial charge in [-0.1, -0.05) is 72.4 Å². The van der Waals surface area contributed by atoms with Crippen molar-refractivity contribution in [2.45, 2.75) is 5.16 Å². The Morgan fingerprint density at radius 1 is 0.794 bits per heavy atom. The highest BCUT2D eigenvalue weighted by Gasteiger charge is 2.12. The molecule has 0 unspecified atom stereocenters. The number of carbonyl (C=O) groups excluding carboxylic acids is 1. The summed E-state index contributed by atoms with van der Waals surface area (Å²) in [7, 11) is 0. The summed E-state index contributed by atoms with van der Waals surface area (Å²) in [4.78, 5) is 33.3. The normalized spacial score (nSPS) is 10.8. The minimum atomic E-state index is -0.409. The fourth-order valence-electron chi connectivity index (χ4n) is 3.48. The van der Waals surface area contributed by atoms with E-state index in [4.69, 9.17) is 4.42 Å². The van der Waals surface area contributed by atoms with Gasteiger partial charge in [0, 0.05) is 28.3 Å². The predicted molar refractivity (Wildman–Crippen MR) is 135 cm³/mol. The Balaban J connectivity index is 1.35. The number of rotatable bonds is 6. The first-order valence-corrected chi connectivity index (χ1v) is 11.6. The molecule has 0 aliphatic rings. The highest BCUT2D eigenvalue weighted by Crippen LogP contribution is 2.27. The number of anilines is 1. The molecule has 5 rings (SSSR count). The van der Waals surface area contributed by atoms with Gasteiger partial charge >= 0.3 is 5.63 Å². The van der Waals surface area contributed by atoms with E-state index < -0.39 is 5.63 Å². The monoisotopic (exact) mass is 465 g/mol. The highest BCUT2D eigenvalue weighted by molar-refractivity contribution is 7.99. The second-order valence-corrected chi connectivity index (χ2v) is 8.44. The molecule has 2 heterocycles. The van der Waals surface area contributed by atoms with E-state index in [1.807, 2.05) is 66.7 Å². The van der Waals surface area contributed by atoms with Crippen molar-refractivity contribution in [1.82, 2.24) is 9.97 Å². The van der Waals surface area contributed by atoms with Crippen molar-refractivity contribution in [2.75, 3.05) is 11.1 Å². The van der Waals surface area contributed by atoms with Crippen LogP contribution in [0.5, 0.6) is 0 Å². The zero-order chi connectivity index (χ0) is 23.3. The zero-order valence-corrected chi connectivity index (χ0v) is 18.8. The quantitative estimate of drug-likeness (QED) is 0.198. The van der Waals surface area contributed by atoms with Crippen LogP contribution in [0, 0.1) is 0 Å². The first-order valence-electron chi connectivity index (χ1n) is 10.6. The molecule has 166 valence electrons. The molecule has 0 bridgehead atoms. The van der Waals surface area contributed by atoms with Crippen LogP contribution < -0.4 is 10.9 Å². The van der Waals surface area contributed by atoms with E-state index in [0.29, 0.717) is 16.4 Å². The number of thioether (sulfide) groups is 1. The van der Waals surface area contributed by atoms with Crippen LogP contribution in [0.2, 0.25) is 0 Å². The van der Waals surface area contributed by atoms with Crippen LogP contribution in [-0.4, -0.2) is 21.6 Å².